The second-order valence-electron chi connectivity index (χ2n) is 6.25. The van der Waals surface area contributed by atoms with E-state index in [1.807, 2.05) is 4.68 Å². The average molecular weight is 279 g/mol. The average Bonchev–Trinajstić information content (AvgIpc) is 2.81. The molecule has 1 aliphatic rings. The predicted octanol–water partition coefficient (Wildman–Crippen LogP) is 3.32. The van der Waals surface area contributed by atoms with Crippen molar-refractivity contribution in [3.8, 4) is 0 Å². The summed E-state index contributed by atoms with van der Waals surface area (Å²) in [6, 6.07) is 0.322. The molecule has 1 N–H and O–H groups in total. The monoisotopic (exact) mass is 279 g/mol. The molecule has 2 atom stereocenters. The number of carboxylic acid groups (broad SMARTS) is 1. The standard InChI is InChI=1S/C15H25N3O2/c1-4-11-7-5-6-8-12(11)18-13(9-10(2)3)14(15(19)20)16-17-18/h10-12H,4-9H2,1-3H3,(H,19,20). The number of rotatable bonds is 5. The Bertz CT molecular complexity index is 468. The number of aromatic carboxylic acids is 1. The second kappa shape index (κ2) is 6.37. The van der Waals surface area contributed by atoms with Gasteiger partial charge >= 0.3 is 5.97 Å². The zero-order valence-electron chi connectivity index (χ0n) is 12.7. The van der Waals surface area contributed by atoms with E-state index >= 15 is 0 Å². The summed E-state index contributed by atoms with van der Waals surface area (Å²) in [7, 11) is 0. The van der Waals surface area contributed by atoms with Crippen LogP contribution in [0.2, 0.25) is 0 Å². The van der Waals surface area contributed by atoms with Gasteiger partial charge in [0.1, 0.15) is 0 Å². The topological polar surface area (TPSA) is 68.0 Å². The van der Waals surface area contributed by atoms with Crippen molar-refractivity contribution < 1.29 is 9.90 Å². The Balaban J connectivity index is 2.36. The van der Waals surface area contributed by atoms with Crippen LogP contribution in [-0.4, -0.2) is 26.1 Å². The fourth-order valence-electron chi connectivity index (χ4n) is 3.31. The molecule has 1 saturated carbocycles. The molecule has 1 fully saturated rings. The number of carbonyl (C=O) groups is 1. The summed E-state index contributed by atoms with van der Waals surface area (Å²) in [5.41, 5.74) is 0.942. The van der Waals surface area contributed by atoms with Crippen molar-refractivity contribution in [2.24, 2.45) is 11.8 Å². The molecule has 5 nitrogen and oxygen atoms in total. The van der Waals surface area contributed by atoms with Crippen molar-refractivity contribution in [1.29, 1.82) is 0 Å². The van der Waals surface area contributed by atoms with E-state index in [0.717, 1.165) is 25.0 Å². The maximum Gasteiger partial charge on any atom is 0.358 e. The molecule has 5 heteroatoms. The van der Waals surface area contributed by atoms with Gasteiger partial charge in [0.05, 0.1) is 11.7 Å². The SMILES string of the molecule is CCC1CCCCC1n1nnc(C(=O)O)c1CC(C)C. The molecule has 0 spiro atoms. The molecule has 0 aromatic carbocycles. The fourth-order valence-corrected chi connectivity index (χ4v) is 3.31. The Labute approximate surface area is 120 Å². The maximum atomic E-state index is 11.3. The lowest BCUT2D eigenvalue weighted by Gasteiger charge is -2.31. The van der Waals surface area contributed by atoms with Crippen LogP contribution in [0.4, 0.5) is 0 Å². The molecule has 112 valence electrons. The summed E-state index contributed by atoms with van der Waals surface area (Å²) >= 11 is 0. The zero-order valence-corrected chi connectivity index (χ0v) is 12.7. The van der Waals surface area contributed by atoms with Crippen LogP contribution in [0.3, 0.4) is 0 Å². The summed E-state index contributed by atoms with van der Waals surface area (Å²) in [6.07, 6.45) is 6.62. The first kappa shape index (κ1) is 15.0. The molecule has 1 aliphatic carbocycles. The Hall–Kier alpha value is -1.39. The van der Waals surface area contributed by atoms with Gasteiger partial charge in [0.15, 0.2) is 5.69 Å². The molecule has 1 aromatic heterocycles. The van der Waals surface area contributed by atoms with E-state index in [2.05, 4.69) is 31.1 Å². The maximum absolute atomic E-state index is 11.3. The highest BCUT2D eigenvalue weighted by Crippen LogP contribution is 2.36. The molecule has 2 rings (SSSR count). The minimum Gasteiger partial charge on any atom is -0.476 e. The molecule has 0 bridgehead atoms. The number of carboxylic acids is 1. The van der Waals surface area contributed by atoms with Crippen molar-refractivity contribution in [2.45, 2.75) is 65.3 Å². The van der Waals surface area contributed by atoms with E-state index in [9.17, 15) is 9.90 Å². The fraction of sp³-hybridized carbons (Fsp3) is 0.800. The quantitative estimate of drug-likeness (QED) is 0.897. The van der Waals surface area contributed by atoms with E-state index < -0.39 is 5.97 Å². The third kappa shape index (κ3) is 3.02. The normalized spacial score (nSPS) is 23.2. The number of nitrogens with zero attached hydrogens (tertiary/aromatic N) is 3. The third-order valence-corrected chi connectivity index (χ3v) is 4.30. The molecule has 1 heterocycles. The van der Waals surface area contributed by atoms with Crippen LogP contribution in [0.15, 0.2) is 0 Å². The predicted molar refractivity (Wildman–Crippen MR) is 76.8 cm³/mol. The Morgan fingerprint density at radius 1 is 1.40 bits per heavy atom. The van der Waals surface area contributed by atoms with E-state index in [4.69, 9.17) is 0 Å². The van der Waals surface area contributed by atoms with Gasteiger partial charge < -0.3 is 5.11 Å². The molecule has 0 saturated heterocycles. The van der Waals surface area contributed by atoms with Gasteiger partial charge in [0.25, 0.3) is 0 Å². The summed E-state index contributed by atoms with van der Waals surface area (Å²) in [5, 5.41) is 17.4. The highest BCUT2D eigenvalue weighted by Gasteiger charge is 2.30. The van der Waals surface area contributed by atoms with Gasteiger partial charge in [-0.15, -0.1) is 5.10 Å². The second-order valence-corrected chi connectivity index (χ2v) is 6.25. The van der Waals surface area contributed by atoms with Gasteiger partial charge in [-0.2, -0.15) is 0 Å². The lowest BCUT2D eigenvalue weighted by molar-refractivity contribution is 0.0688. The summed E-state index contributed by atoms with van der Waals surface area (Å²) in [4.78, 5) is 11.3. The summed E-state index contributed by atoms with van der Waals surface area (Å²) in [5.74, 6) is 0.0304. The molecule has 0 aliphatic heterocycles. The lowest BCUT2D eigenvalue weighted by atomic mass is 9.82. The molecular weight excluding hydrogens is 254 g/mol. The number of hydrogen-bond acceptors (Lipinski definition) is 3. The first-order valence-corrected chi connectivity index (χ1v) is 7.71. The van der Waals surface area contributed by atoms with E-state index in [-0.39, 0.29) is 5.69 Å². The Morgan fingerprint density at radius 3 is 2.70 bits per heavy atom. The van der Waals surface area contributed by atoms with Crippen molar-refractivity contribution in [2.75, 3.05) is 0 Å². The van der Waals surface area contributed by atoms with Gasteiger partial charge in [-0.3, -0.25) is 0 Å². The molecule has 0 amide bonds. The highest BCUT2D eigenvalue weighted by molar-refractivity contribution is 5.86. The van der Waals surface area contributed by atoms with E-state index in [0.29, 0.717) is 17.9 Å². The molecule has 0 radical (unpaired) electrons. The van der Waals surface area contributed by atoms with Crippen LogP contribution in [-0.2, 0) is 6.42 Å². The minimum absolute atomic E-state index is 0.138. The Kier molecular flexibility index (Phi) is 4.78. The number of aromatic nitrogens is 3. The van der Waals surface area contributed by atoms with Gasteiger partial charge in [-0.1, -0.05) is 45.2 Å². The van der Waals surface area contributed by atoms with Crippen molar-refractivity contribution in [3.63, 3.8) is 0 Å². The highest BCUT2D eigenvalue weighted by atomic mass is 16.4. The minimum atomic E-state index is -0.962. The molecule has 1 aromatic rings. The van der Waals surface area contributed by atoms with Gasteiger partial charge in [0.2, 0.25) is 0 Å². The summed E-state index contributed by atoms with van der Waals surface area (Å²) in [6.45, 7) is 6.41. The van der Waals surface area contributed by atoms with E-state index in [1.165, 1.54) is 19.3 Å². The largest absolute Gasteiger partial charge is 0.476 e. The molecule has 20 heavy (non-hydrogen) atoms. The third-order valence-electron chi connectivity index (χ3n) is 4.30. The van der Waals surface area contributed by atoms with Gasteiger partial charge in [0, 0.05) is 0 Å². The van der Waals surface area contributed by atoms with Crippen LogP contribution in [0.5, 0.6) is 0 Å². The lowest BCUT2D eigenvalue weighted by Crippen LogP contribution is -2.26. The van der Waals surface area contributed by atoms with E-state index in [1.54, 1.807) is 0 Å². The van der Waals surface area contributed by atoms with Crippen molar-refractivity contribution in [1.82, 2.24) is 15.0 Å². The van der Waals surface area contributed by atoms with Gasteiger partial charge in [-0.25, -0.2) is 9.48 Å². The first-order chi connectivity index (χ1) is 9.54. The van der Waals surface area contributed by atoms with Crippen molar-refractivity contribution >= 4 is 5.97 Å². The van der Waals surface area contributed by atoms with Gasteiger partial charge in [-0.05, 0) is 31.1 Å². The molecule has 2 unspecified atom stereocenters. The zero-order chi connectivity index (χ0) is 14.7. The van der Waals surface area contributed by atoms with Crippen LogP contribution in [0.25, 0.3) is 0 Å². The Morgan fingerprint density at radius 2 is 2.10 bits per heavy atom. The van der Waals surface area contributed by atoms with Crippen molar-refractivity contribution in [3.05, 3.63) is 11.4 Å². The van der Waals surface area contributed by atoms with Crippen LogP contribution >= 0.6 is 0 Å². The van der Waals surface area contributed by atoms with Crippen LogP contribution in [0, 0.1) is 11.8 Å². The number of hydrogen-bond donors (Lipinski definition) is 1. The summed E-state index contributed by atoms with van der Waals surface area (Å²) < 4.78 is 1.93. The van der Waals surface area contributed by atoms with Crippen LogP contribution in [0.1, 0.15) is 75.1 Å². The van der Waals surface area contributed by atoms with Crippen LogP contribution < -0.4 is 0 Å². The first-order valence-electron chi connectivity index (χ1n) is 7.71. The molecular formula is C15H25N3O2. The smallest absolute Gasteiger partial charge is 0.358 e.